The summed E-state index contributed by atoms with van der Waals surface area (Å²) in [5.74, 6) is -0.352. The van der Waals surface area contributed by atoms with E-state index in [2.05, 4.69) is 4.98 Å². The number of aromatic nitrogens is 1. The van der Waals surface area contributed by atoms with Crippen LogP contribution in [0.2, 0.25) is 5.15 Å². The Hall–Kier alpha value is -1.13. The van der Waals surface area contributed by atoms with Gasteiger partial charge < -0.3 is 5.73 Å². The highest BCUT2D eigenvalue weighted by atomic mass is 35.5. The molecule has 1 amide bonds. The number of hydrogen-bond acceptors (Lipinski definition) is 3. The van der Waals surface area contributed by atoms with Crippen LogP contribution >= 0.6 is 11.6 Å². The third kappa shape index (κ3) is 3.72. The van der Waals surface area contributed by atoms with Crippen LogP contribution in [0.25, 0.3) is 0 Å². The molecular formula is C9H12ClN3O. The van der Waals surface area contributed by atoms with E-state index in [0.717, 1.165) is 5.69 Å². The minimum atomic E-state index is -0.352. The summed E-state index contributed by atoms with van der Waals surface area (Å²) in [5, 5.41) is 0.454. The largest absolute Gasteiger partial charge is 0.369 e. The molecule has 5 heteroatoms. The van der Waals surface area contributed by atoms with Gasteiger partial charge in [0.15, 0.2) is 0 Å². The van der Waals surface area contributed by atoms with Crippen LogP contribution in [0.1, 0.15) is 5.69 Å². The Balaban J connectivity index is 2.55. The van der Waals surface area contributed by atoms with Crippen LogP contribution in [0.15, 0.2) is 18.2 Å². The summed E-state index contributed by atoms with van der Waals surface area (Å²) in [6.07, 6.45) is 0. The summed E-state index contributed by atoms with van der Waals surface area (Å²) < 4.78 is 0. The van der Waals surface area contributed by atoms with Gasteiger partial charge in [0.1, 0.15) is 5.15 Å². The van der Waals surface area contributed by atoms with E-state index in [1.807, 2.05) is 12.1 Å². The first kappa shape index (κ1) is 10.9. The van der Waals surface area contributed by atoms with Crippen LogP contribution < -0.4 is 5.73 Å². The van der Waals surface area contributed by atoms with Gasteiger partial charge in [-0.15, -0.1) is 0 Å². The van der Waals surface area contributed by atoms with E-state index in [1.54, 1.807) is 18.0 Å². The van der Waals surface area contributed by atoms with Crippen molar-refractivity contribution in [2.75, 3.05) is 13.6 Å². The van der Waals surface area contributed by atoms with Crippen molar-refractivity contribution >= 4 is 17.5 Å². The van der Waals surface area contributed by atoms with Gasteiger partial charge in [-0.25, -0.2) is 4.98 Å². The molecule has 0 aliphatic heterocycles. The van der Waals surface area contributed by atoms with Crippen molar-refractivity contribution in [1.29, 1.82) is 0 Å². The molecule has 1 aromatic heterocycles. The lowest BCUT2D eigenvalue weighted by atomic mass is 10.3. The van der Waals surface area contributed by atoms with Gasteiger partial charge in [0, 0.05) is 6.54 Å². The Bertz CT molecular complexity index is 330. The van der Waals surface area contributed by atoms with Crippen LogP contribution in [0, 0.1) is 0 Å². The number of primary amides is 1. The molecule has 0 saturated carbocycles. The van der Waals surface area contributed by atoms with Crippen molar-refractivity contribution in [3.05, 3.63) is 29.0 Å². The Labute approximate surface area is 87.7 Å². The molecule has 0 aromatic carbocycles. The van der Waals surface area contributed by atoms with Crippen LogP contribution in [0.3, 0.4) is 0 Å². The van der Waals surface area contributed by atoms with Crippen LogP contribution in [0.5, 0.6) is 0 Å². The van der Waals surface area contributed by atoms with Gasteiger partial charge in [0.2, 0.25) is 5.91 Å². The first-order valence-electron chi connectivity index (χ1n) is 4.16. The summed E-state index contributed by atoms with van der Waals surface area (Å²) in [6, 6.07) is 5.38. The molecule has 0 aliphatic carbocycles. The second kappa shape index (κ2) is 4.93. The number of amides is 1. The van der Waals surface area contributed by atoms with Gasteiger partial charge in [-0.3, -0.25) is 9.69 Å². The summed E-state index contributed by atoms with van der Waals surface area (Å²) in [7, 11) is 1.80. The molecule has 1 aromatic rings. The van der Waals surface area contributed by atoms with E-state index in [-0.39, 0.29) is 12.5 Å². The second-order valence-corrected chi connectivity index (χ2v) is 3.48. The summed E-state index contributed by atoms with van der Waals surface area (Å²) in [4.78, 5) is 16.5. The maximum Gasteiger partial charge on any atom is 0.231 e. The lowest BCUT2D eigenvalue weighted by Crippen LogP contribution is -2.30. The SMILES string of the molecule is CN(CC(N)=O)Cc1cccc(Cl)n1. The average Bonchev–Trinajstić information content (AvgIpc) is 2.01. The number of likely N-dealkylation sites (N-methyl/N-ethyl adjacent to an activating group) is 1. The van der Waals surface area contributed by atoms with E-state index in [0.29, 0.717) is 11.7 Å². The van der Waals surface area contributed by atoms with E-state index < -0.39 is 0 Å². The summed E-state index contributed by atoms with van der Waals surface area (Å²) in [5.41, 5.74) is 5.87. The third-order valence-corrected chi connectivity index (χ3v) is 1.84. The average molecular weight is 214 g/mol. The number of pyridine rings is 1. The Morgan fingerprint density at radius 2 is 2.36 bits per heavy atom. The molecule has 1 heterocycles. The standard InChI is InChI=1S/C9H12ClN3O/c1-13(6-9(11)14)5-7-3-2-4-8(10)12-7/h2-4H,5-6H2,1H3,(H2,11,14). The molecule has 0 atom stereocenters. The zero-order chi connectivity index (χ0) is 10.6. The zero-order valence-corrected chi connectivity index (χ0v) is 8.66. The van der Waals surface area contributed by atoms with E-state index in [4.69, 9.17) is 17.3 Å². The molecule has 0 fully saturated rings. The van der Waals surface area contributed by atoms with E-state index in [1.165, 1.54) is 0 Å². The molecule has 0 saturated heterocycles. The van der Waals surface area contributed by atoms with Gasteiger partial charge in [0.05, 0.1) is 12.2 Å². The normalized spacial score (nSPS) is 10.5. The minimum absolute atomic E-state index is 0.216. The highest BCUT2D eigenvalue weighted by Crippen LogP contribution is 2.06. The fraction of sp³-hybridized carbons (Fsp3) is 0.333. The molecule has 0 spiro atoms. The highest BCUT2D eigenvalue weighted by molar-refractivity contribution is 6.29. The van der Waals surface area contributed by atoms with E-state index in [9.17, 15) is 4.79 Å². The Morgan fingerprint density at radius 1 is 1.64 bits per heavy atom. The molecule has 76 valence electrons. The first-order chi connectivity index (χ1) is 6.58. The number of nitrogens with zero attached hydrogens (tertiary/aromatic N) is 2. The second-order valence-electron chi connectivity index (χ2n) is 3.09. The fourth-order valence-corrected chi connectivity index (χ4v) is 1.32. The van der Waals surface area contributed by atoms with Crippen molar-refractivity contribution in [2.24, 2.45) is 5.73 Å². The molecule has 0 bridgehead atoms. The fourth-order valence-electron chi connectivity index (χ4n) is 1.14. The minimum Gasteiger partial charge on any atom is -0.369 e. The predicted octanol–water partition coefficient (Wildman–Crippen LogP) is 0.652. The predicted molar refractivity (Wildman–Crippen MR) is 54.8 cm³/mol. The molecule has 0 unspecified atom stereocenters. The van der Waals surface area contributed by atoms with Crippen LogP contribution in [-0.4, -0.2) is 29.4 Å². The topological polar surface area (TPSA) is 59.2 Å². The first-order valence-corrected chi connectivity index (χ1v) is 4.54. The molecule has 1 rings (SSSR count). The van der Waals surface area contributed by atoms with Crippen molar-refractivity contribution in [3.63, 3.8) is 0 Å². The number of hydrogen-bond donors (Lipinski definition) is 1. The third-order valence-electron chi connectivity index (χ3n) is 1.63. The maximum absolute atomic E-state index is 10.6. The Morgan fingerprint density at radius 3 is 2.93 bits per heavy atom. The van der Waals surface area contributed by atoms with Crippen molar-refractivity contribution in [3.8, 4) is 0 Å². The van der Waals surface area contributed by atoms with Gasteiger partial charge in [-0.2, -0.15) is 0 Å². The summed E-state index contributed by atoms with van der Waals surface area (Å²) >= 11 is 5.71. The van der Waals surface area contributed by atoms with Gasteiger partial charge >= 0.3 is 0 Å². The number of carbonyl (C=O) groups excluding carboxylic acids is 1. The van der Waals surface area contributed by atoms with Crippen molar-refractivity contribution in [2.45, 2.75) is 6.54 Å². The zero-order valence-electron chi connectivity index (χ0n) is 7.90. The quantitative estimate of drug-likeness (QED) is 0.748. The lowest BCUT2D eigenvalue weighted by molar-refractivity contribution is -0.118. The molecule has 0 aliphatic rings. The molecule has 2 N–H and O–H groups in total. The molecular weight excluding hydrogens is 202 g/mol. The number of rotatable bonds is 4. The smallest absolute Gasteiger partial charge is 0.231 e. The number of nitrogens with two attached hydrogens (primary N) is 1. The van der Waals surface area contributed by atoms with Gasteiger partial charge in [0.25, 0.3) is 0 Å². The molecule has 0 radical (unpaired) electrons. The molecule has 14 heavy (non-hydrogen) atoms. The van der Waals surface area contributed by atoms with Crippen molar-refractivity contribution < 1.29 is 4.79 Å². The number of halogens is 1. The lowest BCUT2D eigenvalue weighted by Gasteiger charge is -2.13. The molecule has 4 nitrogen and oxygen atoms in total. The monoisotopic (exact) mass is 213 g/mol. The van der Waals surface area contributed by atoms with Gasteiger partial charge in [-0.05, 0) is 19.2 Å². The van der Waals surface area contributed by atoms with Crippen LogP contribution in [0.4, 0.5) is 0 Å². The maximum atomic E-state index is 10.6. The Kier molecular flexibility index (Phi) is 3.85. The summed E-state index contributed by atoms with van der Waals surface area (Å²) in [6.45, 7) is 0.775. The highest BCUT2D eigenvalue weighted by Gasteiger charge is 2.04. The van der Waals surface area contributed by atoms with Gasteiger partial charge in [-0.1, -0.05) is 17.7 Å². The van der Waals surface area contributed by atoms with E-state index >= 15 is 0 Å². The van der Waals surface area contributed by atoms with Crippen LogP contribution in [-0.2, 0) is 11.3 Å². The van der Waals surface area contributed by atoms with Crippen molar-refractivity contribution in [1.82, 2.24) is 9.88 Å². The number of carbonyl (C=O) groups is 1.